The maximum Gasteiger partial charge on any atom is 0.310 e. The average molecular weight is 1390 g/mol. The summed E-state index contributed by atoms with van der Waals surface area (Å²) in [5, 5.41) is 10.0. The highest BCUT2D eigenvalue weighted by Gasteiger charge is 2.40. The molecule has 9 nitrogen and oxygen atoms in total. The van der Waals surface area contributed by atoms with E-state index >= 15 is 0 Å². The van der Waals surface area contributed by atoms with Crippen molar-refractivity contribution in [2.24, 2.45) is 11.8 Å². The minimum absolute atomic E-state index is 0. The van der Waals surface area contributed by atoms with Crippen LogP contribution in [0.5, 0.6) is 0 Å². The van der Waals surface area contributed by atoms with Crippen LogP contribution < -0.4 is 0 Å². The standard InChI is InChI=1S/C15H21NO2.C15H19NO.C14H17NO3.17F2.FH/c1-11(12-7-5-4-6-8-12)16-10-13(9-14(16)17)15(2,3)18;1-11(2)14-9-15(17)16(10-14)12(3)13-7-5-4-6-8-13;1-10(11-6-4-3-5-7-11)15-9-12(8-13(15)16)14(17)18-2;17*1-2;/h4-8,11,13,18H,9-10H2,1-3H3;4-8,12H,9-10H2,1-3H3;3-7,10,12H,8-9H2,1-2H3;;;;;;;;;;;;;;;;;;1H/t11-,13+;12-;10-,12+;;;;;;;;;;;;;;;;;;/m111................../s1. The fourth-order valence-electron chi connectivity index (χ4n) is 7.07. The third kappa shape index (κ3) is 55.4. The van der Waals surface area contributed by atoms with Gasteiger partial charge in [-0.1, -0.05) is 96.6 Å². The molecule has 3 aromatic rings. The van der Waals surface area contributed by atoms with Crippen LogP contribution in [0.15, 0.2) is 102 Å². The number of amides is 3. The van der Waals surface area contributed by atoms with Gasteiger partial charge in [-0.3, -0.25) is 23.9 Å². The number of allylic oxidation sites excluding steroid dienone is 1. The van der Waals surface area contributed by atoms with Crippen molar-refractivity contribution in [3.63, 3.8) is 0 Å². The van der Waals surface area contributed by atoms with Crippen molar-refractivity contribution in [2.75, 3.05) is 26.7 Å². The van der Waals surface area contributed by atoms with E-state index in [0.717, 1.165) is 17.7 Å². The summed E-state index contributed by atoms with van der Waals surface area (Å²) in [6.07, 6.45) is 1.30. The highest BCUT2D eigenvalue weighted by molar-refractivity contribution is 5.87. The van der Waals surface area contributed by atoms with Gasteiger partial charge in [-0.2, -0.15) is 0 Å². The Balaban J connectivity index is -0.0000000558. The van der Waals surface area contributed by atoms with E-state index in [-0.39, 0.29) is 64.8 Å². The molecule has 44 heteroatoms. The van der Waals surface area contributed by atoms with Gasteiger partial charge in [0.25, 0.3) is 0 Å². The Morgan fingerprint density at radius 1 is 0.443 bits per heavy atom. The van der Waals surface area contributed by atoms with Gasteiger partial charge in [0.05, 0.1) is 36.8 Å². The van der Waals surface area contributed by atoms with Gasteiger partial charge >= 0.3 is 5.97 Å². The molecule has 0 saturated carbocycles. The first-order valence-electron chi connectivity index (χ1n) is 21.0. The van der Waals surface area contributed by atoms with E-state index in [1.54, 1.807) is 18.7 Å². The molecule has 0 aliphatic carbocycles. The average Bonchev–Trinajstić information content (AvgIpc) is 4.36. The number of hydrogen-bond donors (Lipinski definition) is 1. The van der Waals surface area contributed by atoms with Crippen molar-refractivity contribution in [3.05, 3.63) is 119 Å². The second-order valence-corrected chi connectivity index (χ2v) is 15.1. The monoisotopic (exact) mass is 1390 g/mol. The van der Waals surface area contributed by atoms with Crippen LogP contribution in [0, 0.1) is 11.8 Å². The molecule has 3 fully saturated rings. The summed E-state index contributed by atoms with van der Waals surface area (Å²) in [4.78, 5) is 53.0. The molecule has 0 radical (unpaired) electrons. The van der Waals surface area contributed by atoms with E-state index in [9.17, 15) is 24.3 Å². The fourth-order valence-corrected chi connectivity index (χ4v) is 7.07. The number of esters is 1. The fraction of sp³-hybridized carbons (Fsp3) is 0.455. The zero-order valence-electron chi connectivity index (χ0n) is 45.9. The van der Waals surface area contributed by atoms with Crippen LogP contribution in [-0.4, -0.2) is 75.8 Å². The molecule has 0 unspecified atom stereocenters. The quantitative estimate of drug-likeness (QED) is 0.137. The van der Waals surface area contributed by atoms with Gasteiger partial charge in [0.1, 0.15) is 0 Å². The molecule has 3 amide bonds. The van der Waals surface area contributed by atoms with Crippen molar-refractivity contribution in [1.29, 1.82) is 0 Å². The van der Waals surface area contributed by atoms with Gasteiger partial charge in [0, 0.05) is 200 Å². The maximum atomic E-state index is 12.1. The normalized spacial score (nSPS) is 13.4. The minimum atomic E-state index is -0.791. The molecule has 5 atom stereocenters. The van der Waals surface area contributed by atoms with E-state index < -0.39 is 5.60 Å². The summed E-state index contributed by atoms with van der Waals surface area (Å²) < 4.78 is 277. The van der Waals surface area contributed by atoms with Crippen molar-refractivity contribution >= 4 is 23.7 Å². The van der Waals surface area contributed by atoms with Crippen LogP contribution in [0.2, 0.25) is 0 Å². The lowest BCUT2D eigenvalue weighted by Crippen LogP contribution is -2.34. The molecule has 3 aliphatic rings. The number of carbonyl (C=O) groups is 4. The molecule has 88 heavy (non-hydrogen) atoms. The van der Waals surface area contributed by atoms with Gasteiger partial charge < -0.3 is 24.5 Å². The largest absolute Gasteiger partial charge is 0.469 e. The van der Waals surface area contributed by atoms with E-state index in [1.165, 1.54) is 23.8 Å². The lowest BCUT2D eigenvalue weighted by molar-refractivity contribution is -0.145. The van der Waals surface area contributed by atoms with E-state index in [1.807, 2.05) is 103 Å². The number of methoxy groups -OCH3 is 1. The topological polar surface area (TPSA) is 107 Å². The molecule has 3 heterocycles. The van der Waals surface area contributed by atoms with Gasteiger partial charge in [0.2, 0.25) is 17.7 Å². The Kier molecular flexibility index (Phi) is 130. The molecule has 530 valence electrons. The molecular formula is C44H58F35N3O6. The zero-order chi connectivity index (χ0) is 72.9. The van der Waals surface area contributed by atoms with Crippen molar-refractivity contribution in [2.45, 2.75) is 91.5 Å². The van der Waals surface area contributed by atoms with Crippen LogP contribution >= 0.6 is 0 Å². The Hall–Kier alpha value is -7.21. The number of rotatable bonds is 8. The number of aliphatic hydroxyl groups is 1. The second kappa shape index (κ2) is 96.1. The van der Waals surface area contributed by atoms with Crippen molar-refractivity contribution < 1.29 is 189 Å². The Morgan fingerprint density at radius 2 is 0.693 bits per heavy atom. The van der Waals surface area contributed by atoms with Crippen molar-refractivity contribution in [1.82, 2.24) is 14.7 Å². The number of ether oxygens (including phenoxy) is 1. The highest BCUT2D eigenvalue weighted by Crippen LogP contribution is 2.34. The van der Waals surface area contributed by atoms with E-state index in [0.29, 0.717) is 25.9 Å². The lowest BCUT2D eigenvalue weighted by atomic mass is 9.90. The predicted octanol–water partition coefficient (Wildman–Crippen LogP) is 21.9. The molecule has 0 bridgehead atoms. The van der Waals surface area contributed by atoms with E-state index in [4.69, 9.17) is 160 Å². The molecule has 3 aliphatic heterocycles. The molecule has 6 rings (SSSR count). The van der Waals surface area contributed by atoms with Crippen LogP contribution in [0.25, 0.3) is 0 Å². The number of hydrogen-bond acceptors (Lipinski definition) is 6. The molecule has 3 aromatic carbocycles. The van der Waals surface area contributed by atoms with E-state index in [2.05, 4.69) is 32.9 Å². The van der Waals surface area contributed by atoms with Gasteiger partial charge in [0.15, 0.2) is 0 Å². The smallest absolute Gasteiger partial charge is 0.310 e. The number of carbonyl (C=O) groups excluding carboxylic acids is 4. The summed E-state index contributed by atoms with van der Waals surface area (Å²) in [6, 6.07) is 30.3. The van der Waals surface area contributed by atoms with Crippen LogP contribution in [-0.2, 0) is 23.9 Å². The number of benzene rings is 3. The van der Waals surface area contributed by atoms with Crippen LogP contribution in [0.4, 0.5) is 160 Å². The molecule has 0 spiro atoms. The third-order valence-electron chi connectivity index (χ3n) is 10.9. The summed E-state index contributed by atoms with van der Waals surface area (Å²) >= 11 is 0. The highest BCUT2D eigenvalue weighted by atomic mass is 20.0. The molecule has 3 saturated heterocycles. The minimum Gasteiger partial charge on any atom is -0.469 e. The number of nitrogens with zero attached hydrogens (tertiary/aromatic N) is 3. The second-order valence-electron chi connectivity index (χ2n) is 15.1. The Bertz CT molecular complexity index is 1800. The SMILES string of the molecule is CC(C)=C1CC(=O)N([C@H](C)c2ccccc2)C1.COC(=O)[C@H]1CC(=O)N([C@H](C)c2ccccc2)C1.C[C@H](c1ccccc1)N1C[C@@H](C(C)(C)O)CC1=O.F.FF.FF.FF.FF.FF.FF.FF.FF.FF.FF.FF.FF.FF.FF.FF.FF.FF. The Labute approximate surface area is 476 Å². The number of halogens is 35. The van der Waals surface area contributed by atoms with Gasteiger partial charge in [-0.05, 0) is 70.7 Å². The summed E-state index contributed by atoms with van der Waals surface area (Å²) in [7, 11) is 1.36. The first-order valence-corrected chi connectivity index (χ1v) is 21.0. The lowest BCUT2D eigenvalue weighted by Gasteiger charge is -2.28. The zero-order valence-corrected chi connectivity index (χ0v) is 45.9. The van der Waals surface area contributed by atoms with Crippen LogP contribution in [0.3, 0.4) is 0 Å². The maximum absolute atomic E-state index is 12.1. The molecule has 1 N–H and O–H groups in total. The number of likely N-dealkylation sites (tertiary alicyclic amines) is 3. The predicted molar refractivity (Wildman–Crippen MR) is 247 cm³/mol. The van der Waals surface area contributed by atoms with Crippen LogP contribution in [0.1, 0.15) is 103 Å². The Morgan fingerprint density at radius 3 is 0.920 bits per heavy atom. The van der Waals surface area contributed by atoms with Gasteiger partial charge in [-0.25, -0.2) is 0 Å². The molecular weight excluding hydrogens is 1330 g/mol. The van der Waals surface area contributed by atoms with Gasteiger partial charge in [-0.15, -0.1) is 0 Å². The summed E-state index contributed by atoms with van der Waals surface area (Å²) in [6.45, 7) is 15.7. The summed E-state index contributed by atoms with van der Waals surface area (Å²) in [5.41, 5.74) is 5.19. The van der Waals surface area contributed by atoms with Crippen molar-refractivity contribution in [3.8, 4) is 0 Å². The first-order chi connectivity index (χ1) is 42.1. The first kappa shape index (κ1) is 119. The summed E-state index contributed by atoms with van der Waals surface area (Å²) in [5.74, 6) is -0.200. The molecule has 0 aromatic heterocycles. The third-order valence-corrected chi connectivity index (χ3v) is 10.9.